The van der Waals surface area contributed by atoms with Crippen molar-refractivity contribution >= 4 is 0 Å². The Kier molecular flexibility index (Phi) is 11.9. The lowest BCUT2D eigenvalue weighted by Crippen LogP contribution is -2.06. The molecule has 0 rings (SSSR count). The maximum Gasteiger partial charge on any atom is 0.0614 e. The minimum Gasteiger partial charge on any atom is -0.393 e. The molecule has 0 heterocycles. The molecule has 0 bridgehead atoms. The monoisotopic (exact) mass is 242 g/mol. The van der Waals surface area contributed by atoms with Gasteiger partial charge in [-0.2, -0.15) is 0 Å². The van der Waals surface area contributed by atoms with Crippen molar-refractivity contribution in [1.29, 1.82) is 0 Å². The van der Waals surface area contributed by atoms with Gasteiger partial charge in [-0.3, -0.25) is 0 Å². The van der Waals surface area contributed by atoms with Crippen LogP contribution < -0.4 is 0 Å². The van der Waals surface area contributed by atoms with Crippen molar-refractivity contribution in [2.24, 2.45) is 0 Å². The Morgan fingerprint density at radius 2 is 1.65 bits per heavy atom. The summed E-state index contributed by atoms with van der Waals surface area (Å²) in [4.78, 5) is 0. The van der Waals surface area contributed by atoms with Crippen molar-refractivity contribution in [3.8, 4) is 0 Å². The summed E-state index contributed by atoms with van der Waals surface area (Å²) in [5.74, 6) is 0. The molecule has 1 unspecified atom stereocenters. The molecule has 0 saturated heterocycles. The van der Waals surface area contributed by atoms with Gasteiger partial charge in [-0.1, -0.05) is 63.5 Å². The van der Waals surface area contributed by atoms with Gasteiger partial charge in [0.2, 0.25) is 0 Å². The molecule has 0 aromatic heterocycles. The first-order valence-corrected chi connectivity index (χ1v) is 7.15. The molecule has 2 nitrogen and oxygen atoms in total. The summed E-state index contributed by atoms with van der Waals surface area (Å²) in [7, 11) is 0. The number of aliphatic hydroxyl groups excluding tert-OH is 2. The predicted octanol–water partition coefficient (Wildman–Crippen LogP) is 3.82. The lowest BCUT2D eigenvalue weighted by atomic mass is 10.0. The predicted molar refractivity (Wildman–Crippen MR) is 74.1 cm³/mol. The number of rotatable bonds is 11. The summed E-state index contributed by atoms with van der Waals surface area (Å²) in [6.45, 7) is 4.28. The van der Waals surface area contributed by atoms with Crippen LogP contribution in [0, 0.1) is 0 Å². The molecule has 2 heteroatoms. The lowest BCUT2D eigenvalue weighted by molar-refractivity contribution is 0.160. The van der Waals surface area contributed by atoms with Gasteiger partial charge in [0, 0.05) is 0 Å². The van der Waals surface area contributed by atoms with E-state index < -0.39 is 0 Å². The SMILES string of the molecule is CCCCCCCCCC(O)C/C(C)=C\CO. The lowest BCUT2D eigenvalue weighted by Gasteiger charge is -2.10. The van der Waals surface area contributed by atoms with Crippen LogP contribution in [0.4, 0.5) is 0 Å². The average molecular weight is 242 g/mol. The molecule has 0 aliphatic carbocycles. The largest absolute Gasteiger partial charge is 0.393 e. The third-order valence-electron chi connectivity index (χ3n) is 3.14. The maximum absolute atomic E-state index is 9.76. The number of hydrogen-bond donors (Lipinski definition) is 2. The first-order valence-electron chi connectivity index (χ1n) is 7.15. The van der Waals surface area contributed by atoms with Crippen LogP contribution in [-0.2, 0) is 0 Å². The first kappa shape index (κ1) is 16.7. The highest BCUT2D eigenvalue weighted by Gasteiger charge is 2.04. The van der Waals surface area contributed by atoms with E-state index in [1.54, 1.807) is 6.08 Å². The summed E-state index contributed by atoms with van der Waals surface area (Å²) in [6, 6.07) is 0. The van der Waals surface area contributed by atoms with Crippen LogP contribution in [0.2, 0.25) is 0 Å². The zero-order chi connectivity index (χ0) is 12.9. The van der Waals surface area contributed by atoms with E-state index in [0.717, 1.165) is 18.4 Å². The minimum atomic E-state index is -0.228. The molecule has 17 heavy (non-hydrogen) atoms. The highest BCUT2D eigenvalue weighted by Crippen LogP contribution is 2.13. The second-order valence-corrected chi connectivity index (χ2v) is 5.00. The molecule has 0 amide bonds. The van der Waals surface area contributed by atoms with Crippen LogP contribution in [0.15, 0.2) is 11.6 Å². The molecule has 0 aromatic carbocycles. The third kappa shape index (κ3) is 11.9. The molecule has 0 aromatic rings. The van der Waals surface area contributed by atoms with E-state index in [-0.39, 0.29) is 12.7 Å². The molecule has 2 N–H and O–H groups in total. The number of hydrogen-bond acceptors (Lipinski definition) is 2. The molecule has 0 radical (unpaired) electrons. The smallest absolute Gasteiger partial charge is 0.0614 e. The van der Waals surface area contributed by atoms with Crippen LogP contribution in [-0.4, -0.2) is 22.9 Å². The topological polar surface area (TPSA) is 40.5 Å². The summed E-state index contributed by atoms with van der Waals surface area (Å²) >= 11 is 0. The molecular weight excluding hydrogens is 212 g/mol. The molecule has 0 fully saturated rings. The second kappa shape index (κ2) is 12.1. The first-order chi connectivity index (χ1) is 8.20. The van der Waals surface area contributed by atoms with Gasteiger partial charge >= 0.3 is 0 Å². The Bertz CT molecular complexity index is 187. The van der Waals surface area contributed by atoms with Gasteiger partial charge in [0.1, 0.15) is 0 Å². The van der Waals surface area contributed by atoms with E-state index in [0.29, 0.717) is 6.42 Å². The molecule has 102 valence electrons. The van der Waals surface area contributed by atoms with Crippen LogP contribution in [0.1, 0.15) is 71.6 Å². The fraction of sp³-hybridized carbons (Fsp3) is 0.867. The average Bonchev–Trinajstić information content (AvgIpc) is 2.28. The quantitative estimate of drug-likeness (QED) is 0.427. The fourth-order valence-electron chi connectivity index (χ4n) is 2.05. The summed E-state index contributed by atoms with van der Waals surface area (Å²) in [6.07, 6.45) is 12.2. The van der Waals surface area contributed by atoms with Crippen molar-refractivity contribution in [2.45, 2.75) is 77.7 Å². The highest BCUT2D eigenvalue weighted by atomic mass is 16.3. The van der Waals surface area contributed by atoms with E-state index in [2.05, 4.69) is 6.92 Å². The van der Waals surface area contributed by atoms with Crippen LogP contribution in [0.25, 0.3) is 0 Å². The summed E-state index contributed by atoms with van der Waals surface area (Å²) in [5.41, 5.74) is 1.09. The van der Waals surface area contributed by atoms with Gasteiger partial charge in [-0.25, -0.2) is 0 Å². The normalized spacial score (nSPS) is 14.0. The Morgan fingerprint density at radius 3 is 2.24 bits per heavy atom. The highest BCUT2D eigenvalue weighted by molar-refractivity contribution is 4.99. The molecular formula is C15H30O2. The summed E-state index contributed by atoms with van der Waals surface area (Å²) in [5, 5.41) is 18.5. The maximum atomic E-state index is 9.76. The minimum absolute atomic E-state index is 0.0793. The molecule has 0 spiro atoms. The van der Waals surface area contributed by atoms with Gasteiger partial charge < -0.3 is 10.2 Å². The van der Waals surface area contributed by atoms with Crippen molar-refractivity contribution in [3.05, 3.63) is 11.6 Å². The van der Waals surface area contributed by atoms with Gasteiger partial charge in [-0.05, 0) is 19.8 Å². The molecule has 0 aliphatic heterocycles. The van der Waals surface area contributed by atoms with Crippen molar-refractivity contribution in [3.63, 3.8) is 0 Å². The van der Waals surface area contributed by atoms with Crippen molar-refractivity contribution in [1.82, 2.24) is 0 Å². The summed E-state index contributed by atoms with van der Waals surface area (Å²) < 4.78 is 0. The number of unbranched alkanes of at least 4 members (excludes halogenated alkanes) is 6. The zero-order valence-corrected chi connectivity index (χ0v) is 11.6. The Hall–Kier alpha value is -0.340. The van der Waals surface area contributed by atoms with Crippen LogP contribution in [0.5, 0.6) is 0 Å². The van der Waals surface area contributed by atoms with E-state index in [1.807, 2.05) is 6.92 Å². The van der Waals surface area contributed by atoms with E-state index in [1.165, 1.54) is 38.5 Å². The van der Waals surface area contributed by atoms with Gasteiger partial charge in [0.25, 0.3) is 0 Å². The molecule has 1 atom stereocenters. The Balaban J connectivity index is 3.33. The zero-order valence-electron chi connectivity index (χ0n) is 11.6. The standard InChI is InChI=1S/C15H30O2/c1-3-4-5-6-7-8-9-10-15(17)13-14(2)11-12-16/h11,15-17H,3-10,12-13H2,1-2H3/b14-11-. The van der Waals surface area contributed by atoms with Crippen LogP contribution in [0.3, 0.4) is 0 Å². The van der Waals surface area contributed by atoms with E-state index in [9.17, 15) is 5.11 Å². The Morgan fingerprint density at radius 1 is 1.06 bits per heavy atom. The van der Waals surface area contributed by atoms with Gasteiger partial charge in [-0.15, -0.1) is 0 Å². The molecule has 0 saturated carbocycles. The Labute approximate surface area is 107 Å². The molecule has 0 aliphatic rings. The fourth-order valence-corrected chi connectivity index (χ4v) is 2.05. The second-order valence-electron chi connectivity index (χ2n) is 5.00. The number of aliphatic hydroxyl groups is 2. The van der Waals surface area contributed by atoms with E-state index in [4.69, 9.17) is 5.11 Å². The van der Waals surface area contributed by atoms with Crippen molar-refractivity contribution in [2.75, 3.05) is 6.61 Å². The van der Waals surface area contributed by atoms with E-state index >= 15 is 0 Å². The van der Waals surface area contributed by atoms with Crippen LogP contribution >= 0.6 is 0 Å². The van der Waals surface area contributed by atoms with Gasteiger partial charge in [0.05, 0.1) is 12.7 Å². The van der Waals surface area contributed by atoms with Crippen molar-refractivity contribution < 1.29 is 10.2 Å². The van der Waals surface area contributed by atoms with Gasteiger partial charge in [0.15, 0.2) is 0 Å². The third-order valence-corrected chi connectivity index (χ3v) is 3.14.